The van der Waals surface area contributed by atoms with Crippen LogP contribution < -0.4 is 17.1 Å². The molecule has 1 aromatic carbocycles. The van der Waals surface area contributed by atoms with Crippen molar-refractivity contribution in [3.63, 3.8) is 0 Å². The Labute approximate surface area is 78.0 Å². The van der Waals surface area contributed by atoms with Gasteiger partial charge in [0, 0.05) is 5.69 Å². The smallest absolute Gasteiger partial charge is 0.348 e. The summed E-state index contributed by atoms with van der Waals surface area (Å²) in [6.07, 6.45) is 0. The van der Waals surface area contributed by atoms with E-state index in [0.29, 0.717) is 11.4 Å². The topological polar surface area (TPSA) is 96.7 Å². The van der Waals surface area contributed by atoms with Crippen molar-refractivity contribution in [1.82, 2.24) is 14.8 Å². The molecule has 0 saturated heterocycles. The van der Waals surface area contributed by atoms with Crippen LogP contribution in [0.25, 0.3) is 5.69 Å². The van der Waals surface area contributed by atoms with E-state index in [9.17, 15) is 9.59 Å². The van der Waals surface area contributed by atoms with Crippen molar-refractivity contribution in [1.29, 1.82) is 0 Å². The standard InChI is InChI=1S/C8H8N4O2/c9-5-2-1-3-6(4-5)12-7(13)10-11-8(12)14/h1-4H,9H2,(H,10,13)(H,11,14). The number of anilines is 1. The summed E-state index contributed by atoms with van der Waals surface area (Å²) in [7, 11) is 0. The zero-order chi connectivity index (χ0) is 10.1. The molecule has 4 N–H and O–H groups in total. The quantitative estimate of drug-likeness (QED) is 0.528. The number of nitrogens with one attached hydrogen (secondary N) is 2. The largest absolute Gasteiger partial charge is 0.399 e. The third-order valence-electron chi connectivity index (χ3n) is 1.81. The Hall–Kier alpha value is -2.24. The van der Waals surface area contributed by atoms with Crippen molar-refractivity contribution >= 4 is 5.69 Å². The number of benzene rings is 1. The van der Waals surface area contributed by atoms with Gasteiger partial charge in [0.2, 0.25) is 0 Å². The van der Waals surface area contributed by atoms with Crippen LogP contribution in [-0.2, 0) is 0 Å². The van der Waals surface area contributed by atoms with Gasteiger partial charge in [-0.25, -0.2) is 24.4 Å². The summed E-state index contributed by atoms with van der Waals surface area (Å²) < 4.78 is 0.969. The van der Waals surface area contributed by atoms with E-state index in [2.05, 4.69) is 10.2 Å². The van der Waals surface area contributed by atoms with Crippen LogP contribution in [0.15, 0.2) is 33.9 Å². The highest BCUT2D eigenvalue weighted by molar-refractivity contribution is 5.47. The lowest BCUT2D eigenvalue weighted by Gasteiger charge is -1.99. The van der Waals surface area contributed by atoms with Gasteiger partial charge in [0.15, 0.2) is 0 Å². The summed E-state index contributed by atoms with van der Waals surface area (Å²) in [6.45, 7) is 0. The lowest BCUT2D eigenvalue weighted by atomic mass is 10.3. The molecule has 0 atom stereocenters. The number of aromatic nitrogens is 3. The number of H-pyrrole nitrogens is 2. The van der Waals surface area contributed by atoms with Gasteiger partial charge in [0.1, 0.15) is 0 Å². The van der Waals surface area contributed by atoms with Gasteiger partial charge in [-0.05, 0) is 18.2 Å². The third-order valence-corrected chi connectivity index (χ3v) is 1.81. The second-order valence-electron chi connectivity index (χ2n) is 2.79. The highest BCUT2D eigenvalue weighted by Gasteiger charge is 2.04. The molecular formula is C8H8N4O2. The van der Waals surface area contributed by atoms with E-state index in [1.165, 1.54) is 0 Å². The van der Waals surface area contributed by atoms with E-state index in [4.69, 9.17) is 5.73 Å². The molecule has 1 aromatic heterocycles. The van der Waals surface area contributed by atoms with Crippen LogP contribution in [0.3, 0.4) is 0 Å². The van der Waals surface area contributed by atoms with Crippen molar-refractivity contribution in [2.24, 2.45) is 0 Å². The molecule has 0 spiro atoms. The van der Waals surface area contributed by atoms with E-state index in [1.807, 2.05) is 0 Å². The van der Waals surface area contributed by atoms with Crippen LogP contribution >= 0.6 is 0 Å². The van der Waals surface area contributed by atoms with Gasteiger partial charge >= 0.3 is 11.4 Å². The van der Waals surface area contributed by atoms with Crippen LogP contribution in [0.4, 0.5) is 5.69 Å². The first-order valence-electron chi connectivity index (χ1n) is 3.94. The third kappa shape index (κ3) is 1.22. The molecule has 0 fully saturated rings. The number of hydrogen-bond donors (Lipinski definition) is 3. The number of hydrogen-bond acceptors (Lipinski definition) is 3. The molecule has 6 heteroatoms. The summed E-state index contributed by atoms with van der Waals surface area (Å²) >= 11 is 0. The van der Waals surface area contributed by atoms with Gasteiger partial charge in [0.05, 0.1) is 5.69 Å². The van der Waals surface area contributed by atoms with Crippen molar-refractivity contribution in [2.75, 3.05) is 5.73 Å². The van der Waals surface area contributed by atoms with Crippen molar-refractivity contribution < 1.29 is 0 Å². The van der Waals surface area contributed by atoms with Gasteiger partial charge in [0.25, 0.3) is 0 Å². The fraction of sp³-hybridized carbons (Fsp3) is 0. The Morgan fingerprint density at radius 2 is 1.79 bits per heavy atom. The van der Waals surface area contributed by atoms with Crippen LogP contribution in [0.5, 0.6) is 0 Å². The SMILES string of the molecule is Nc1cccc(-n2c(=O)[nH][nH]c2=O)c1. The minimum Gasteiger partial charge on any atom is -0.399 e. The summed E-state index contributed by atoms with van der Waals surface area (Å²) in [5.41, 5.74) is 5.44. The van der Waals surface area contributed by atoms with Crippen LogP contribution in [0.1, 0.15) is 0 Å². The van der Waals surface area contributed by atoms with Gasteiger partial charge < -0.3 is 5.73 Å². The van der Waals surface area contributed by atoms with E-state index in [1.54, 1.807) is 24.3 Å². The fourth-order valence-electron chi connectivity index (χ4n) is 1.21. The van der Waals surface area contributed by atoms with Gasteiger partial charge in [-0.1, -0.05) is 6.07 Å². The Morgan fingerprint density at radius 3 is 2.36 bits per heavy atom. The first-order valence-corrected chi connectivity index (χ1v) is 3.94. The van der Waals surface area contributed by atoms with Gasteiger partial charge in [-0.15, -0.1) is 0 Å². The number of nitrogens with two attached hydrogens (primary N) is 1. The first-order chi connectivity index (χ1) is 6.68. The molecule has 1 heterocycles. The Kier molecular flexibility index (Phi) is 1.74. The molecule has 6 nitrogen and oxygen atoms in total. The first kappa shape index (κ1) is 8.36. The molecule has 0 amide bonds. The highest BCUT2D eigenvalue weighted by Crippen LogP contribution is 2.07. The minimum atomic E-state index is -0.513. The molecule has 72 valence electrons. The predicted octanol–water partition coefficient (Wildman–Crippen LogP) is -0.564. The van der Waals surface area contributed by atoms with Crippen molar-refractivity contribution in [3.05, 3.63) is 45.2 Å². The lowest BCUT2D eigenvalue weighted by molar-refractivity contribution is 0.952. The maximum Gasteiger partial charge on any atom is 0.348 e. The zero-order valence-corrected chi connectivity index (χ0v) is 7.15. The maximum atomic E-state index is 11.2. The van der Waals surface area contributed by atoms with Gasteiger partial charge in [-0.2, -0.15) is 0 Å². The van der Waals surface area contributed by atoms with Crippen LogP contribution in [-0.4, -0.2) is 14.8 Å². The Bertz CT molecular complexity index is 535. The molecule has 2 aromatic rings. The summed E-state index contributed by atoms with van der Waals surface area (Å²) in [4.78, 5) is 22.4. The number of rotatable bonds is 1. The normalized spacial score (nSPS) is 10.3. The molecule has 0 aliphatic rings. The molecular weight excluding hydrogens is 184 g/mol. The average molecular weight is 192 g/mol. The minimum absolute atomic E-state index is 0.442. The Balaban J connectivity index is 2.72. The van der Waals surface area contributed by atoms with Crippen molar-refractivity contribution in [3.8, 4) is 5.69 Å². The molecule has 0 radical (unpaired) electrons. The van der Waals surface area contributed by atoms with Crippen molar-refractivity contribution in [2.45, 2.75) is 0 Å². The summed E-state index contributed by atoms with van der Waals surface area (Å²) in [6, 6.07) is 6.52. The fourth-order valence-corrected chi connectivity index (χ4v) is 1.21. The summed E-state index contributed by atoms with van der Waals surface area (Å²) in [5.74, 6) is 0. The second kappa shape index (κ2) is 2.91. The van der Waals surface area contributed by atoms with E-state index in [0.717, 1.165) is 4.57 Å². The van der Waals surface area contributed by atoms with E-state index in [-0.39, 0.29) is 0 Å². The van der Waals surface area contributed by atoms with Crippen LogP contribution in [0, 0.1) is 0 Å². The molecule has 0 unspecified atom stereocenters. The molecule has 0 bridgehead atoms. The average Bonchev–Trinajstić information content (AvgIpc) is 2.46. The predicted molar refractivity (Wildman–Crippen MR) is 51.4 cm³/mol. The second-order valence-corrected chi connectivity index (χ2v) is 2.79. The summed E-state index contributed by atoms with van der Waals surface area (Å²) in [5, 5.41) is 4.37. The van der Waals surface area contributed by atoms with Crippen LogP contribution in [0.2, 0.25) is 0 Å². The lowest BCUT2D eigenvalue weighted by Crippen LogP contribution is -2.24. The number of nitrogens with zero attached hydrogens (tertiary/aromatic N) is 1. The number of nitrogen functional groups attached to an aromatic ring is 1. The molecule has 14 heavy (non-hydrogen) atoms. The molecule has 0 aliphatic heterocycles. The monoisotopic (exact) mass is 192 g/mol. The molecule has 0 aliphatic carbocycles. The highest BCUT2D eigenvalue weighted by atomic mass is 16.2. The van der Waals surface area contributed by atoms with E-state index < -0.39 is 11.4 Å². The zero-order valence-electron chi connectivity index (χ0n) is 7.15. The maximum absolute atomic E-state index is 11.2. The van der Waals surface area contributed by atoms with Gasteiger partial charge in [-0.3, -0.25) is 0 Å². The Morgan fingerprint density at radius 1 is 1.14 bits per heavy atom. The number of aromatic amines is 2. The van der Waals surface area contributed by atoms with E-state index >= 15 is 0 Å². The molecule has 2 rings (SSSR count). The molecule has 0 saturated carbocycles.